The van der Waals surface area contributed by atoms with Crippen LogP contribution in [0.4, 0.5) is 0 Å². The molecular formula is C12H18O2. The number of aliphatic hydroxyl groups is 1. The fourth-order valence-corrected chi connectivity index (χ4v) is 1.38. The molecule has 0 aromatic heterocycles. The molecule has 0 saturated heterocycles. The molecule has 0 unspecified atom stereocenters. The molecule has 1 rings (SSSR count). The van der Waals surface area contributed by atoms with Crippen molar-refractivity contribution in [1.29, 1.82) is 0 Å². The average Bonchev–Trinajstić information content (AvgIpc) is 2.19. The second-order valence-corrected chi connectivity index (χ2v) is 3.41. The number of aryl methyl sites for hydroxylation is 1. The van der Waals surface area contributed by atoms with Crippen molar-refractivity contribution < 1.29 is 9.84 Å². The third kappa shape index (κ3) is 3.04. The summed E-state index contributed by atoms with van der Waals surface area (Å²) in [5.41, 5.74) is 2.38. The lowest BCUT2D eigenvalue weighted by Crippen LogP contribution is -1.98. The molecule has 0 radical (unpaired) electrons. The number of benzene rings is 1. The van der Waals surface area contributed by atoms with E-state index in [-0.39, 0.29) is 6.61 Å². The zero-order chi connectivity index (χ0) is 10.4. The minimum atomic E-state index is 0.204. The predicted molar refractivity (Wildman–Crippen MR) is 57.8 cm³/mol. The number of ether oxygens (including phenoxy) is 1. The van der Waals surface area contributed by atoms with Gasteiger partial charge in [0, 0.05) is 6.61 Å². The van der Waals surface area contributed by atoms with Gasteiger partial charge in [-0.3, -0.25) is 0 Å². The van der Waals surface area contributed by atoms with E-state index in [0.29, 0.717) is 0 Å². The lowest BCUT2D eigenvalue weighted by molar-refractivity contribution is 0.299. The Morgan fingerprint density at radius 2 is 2.14 bits per heavy atom. The van der Waals surface area contributed by atoms with Crippen LogP contribution in [0.3, 0.4) is 0 Å². The van der Waals surface area contributed by atoms with E-state index in [1.807, 2.05) is 25.1 Å². The summed E-state index contributed by atoms with van der Waals surface area (Å²) in [6, 6.07) is 6.02. The van der Waals surface area contributed by atoms with Crippen molar-refractivity contribution in [2.45, 2.75) is 26.7 Å². The quantitative estimate of drug-likeness (QED) is 0.779. The van der Waals surface area contributed by atoms with Crippen LogP contribution in [-0.2, 0) is 6.42 Å². The Hall–Kier alpha value is -1.02. The standard InChI is InChI=1S/C12H18O2/c1-3-8-14-12-5-4-11(6-7-13)10(2)9-12/h4-5,9,13H,3,6-8H2,1-2H3. The van der Waals surface area contributed by atoms with E-state index in [1.54, 1.807) is 0 Å². The molecular weight excluding hydrogens is 176 g/mol. The van der Waals surface area contributed by atoms with Crippen LogP contribution in [0.2, 0.25) is 0 Å². The molecule has 0 aliphatic rings. The molecule has 2 nitrogen and oxygen atoms in total. The molecule has 1 N–H and O–H groups in total. The van der Waals surface area contributed by atoms with Crippen LogP contribution >= 0.6 is 0 Å². The van der Waals surface area contributed by atoms with Crippen molar-refractivity contribution in [2.24, 2.45) is 0 Å². The van der Waals surface area contributed by atoms with E-state index in [0.717, 1.165) is 25.2 Å². The summed E-state index contributed by atoms with van der Waals surface area (Å²) in [5.74, 6) is 0.922. The van der Waals surface area contributed by atoms with E-state index in [1.165, 1.54) is 11.1 Å². The minimum Gasteiger partial charge on any atom is -0.494 e. The second kappa shape index (κ2) is 5.66. The molecule has 0 aliphatic carbocycles. The van der Waals surface area contributed by atoms with Crippen molar-refractivity contribution in [3.05, 3.63) is 29.3 Å². The van der Waals surface area contributed by atoms with Gasteiger partial charge in [0.05, 0.1) is 6.61 Å². The molecule has 0 saturated carbocycles. The van der Waals surface area contributed by atoms with Crippen LogP contribution in [-0.4, -0.2) is 18.3 Å². The highest BCUT2D eigenvalue weighted by atomic mass is 16.5. The van der Waals surface area contributed by atoms with Crippen LogP contribution in [0.5, 0.6) is 5.75 Å². The number of rotatable bonds is 5. The second-order valence-electron chi connectivity index (χ2n) is 3.41. The molecule has 0 bridgehead atoms. The molecule has 1 aromatic rings. The highest BCUT2D eigenvalue weighted by molar-refractivity contribution is 5.34. The maximum atomic E-state index is 8.82. The van der Waals surface area contributed by atoms with E-state index in [2.05, 4.69) is 6.92 Å². The summed E-state index contributed by atoms with van der Waals surface area (Å²) in [6.45, 7) is 5.10. The van der Waals surface area contributed by atoms with Gasteiger partial charge >= 0.3 is 0 Å². The summed E-state index contributed by atoms with van der Waals surface area (Å²) in [6.07, 6.45) is 1.75. The zero-order valence-electron chi connectivity index (χ0n) is 8.92. The normalized spacial score (nSPS) is 10.2. The molecule has 2 heteroatoms. The summed E-state index contributed by atoms with van der Waals surface area (Å²) in [7, 11) is 0. The van der Waals surface area contributed by atoms with Crippen LogP contribution in [0.15, 0.2) is 18.2 Å². The third-order valence-electron chi connectivity index (χ3n) is 2.17. The Morgan fingerprint density at radius 3 is 2.71 bits per heavy atom. The summed E-state index contributed by atoms with van der Waals surface area (Å²) in [5, 5.41) is 8.82. The van der Waals surface area contributed by atoms with Gasteiger partial charge in [-0.05, 0) is 43.0 Å². The van der Waals surface area contributed by atoms with Crippen molar-refractivity contribution in [3.63, 3.8) is 0 Å². The maximum Gasteiger partial charge on any atom is 0.119 e. The first kappa shape index (κ1) is 11.1. The van der Waals surface area contributed by atoms with Gasteiger partial charge in [0.2, 0.25) is 0 Å². The van der Waals surface area contributed by atoms with Crippen molar-refractivity contribution >= 4 is 0 Å². The molecule has 1 aromatic carbocycles. The molecule has 78 valence electrons. The van der Waals surface area contributed by atoms with Crippen LogP contribution in [0.25, 0.3) is 0 Å². The summed E-state index contributed by atoms with van der Waals surface area (Å²) in [4.78, 5) is 0. The summed E-state index contributed by atoms with van der Waals surface area (Å²) >= 11 is 0. The van der Waals surface area contributed by atoms with Crippen molar-refractivity contribution in [1.82, 2.24) is 0 Å². The predicted octanol–water partition coefficient (Wildman–Crippen LogP) is 2.32. The molecule has 0 fully saturated rings. The lowest BCUT2D eigenvalue weighted by atomic mass is 10.1. The van der Waals surface area contributed by atoms with E-state index in [4.69, 9.17) is 9.84 Å². The van der Waals surface area contributed by atoms with Gasteiger partial charge in [-0.2, -0.15) is 0 Å². The lowest BCUT2D eigenvalue weighted by Gasteiger charge is -2.08. The van der Waals surface area contributed by atoms with Gasteiger partial charge in [0.1, 0.15) is 5.75 Å². The summed E-state index contributed by atoms with van der Waals surface area (Å²) < 4.78 is 5.51. The topological polar surface area (TPSA) is 29.5 Å². The maximum absolute atomic E-state index is 8.82. The molecule has 0 atom stereocenters. The Balaban J connectivity index is 2.68. The first-order valence-electron chi connectivity index (χ1n) is 5.11. The fourth-order valence-electron chi connectivity index (χ4n) is 1.38. The number of aliphatic hydroxyl groups excluding tert-OH is 1. The minimum absolute atomic E-state index is 0.204. The molecule has 0 spiro atoms. The van der Waals surface area contributed by atoms with E-state index in [9.17, 15) is 0 Å². The van der Waals surface area contributed by atoms with Crippen molar-refractivity contribution in [2.75, 3.05) is 13.2 Å². The first-order valence-corrected chi connectivity index (χ1v) is 5.11. The SMILES string of the molecule is CCCOc1ccc(CCO)c(C)c1. The van der Waals surface area contributed by atoms with E-state index < -0.39 is 0 Å². The average molecular weight is 194 g/mol. The highest BCUT2D eigenvalue weighted by Gasteiger charge is 1.99. The fraction of sp³-hybridized carbons (Fsp3) is 0.500. The Kier molecular flexibility index (Phi) is 4.47. The van der Waals surface area contributed by atoms with Crippen molar-refractivity contribution in [3.8, 4) is 5.75 Å². The van der Waals surface area contributed by atoms with Gasteiger partial charge in [-0.25, -0.2) is 0 Å². The highest BCUT2D eigenvalue weighted by Crippen LogP contribution is 2.17. The molecule has 0 heterocycles. The van der Waals surface area contributed by atoms with Crippen LogP contribution in [0.1, 0.15) is 24.5 Å². The monoisotopic (exact) mass is 194 g/mol. The smallest absolute Gasteiger partial charge is 0.119 e. The Bertz CT molecular complexity index is 282. The third-order valence-corrected chi connectivity index (χ3v) is 2.17. The van der Waals surface area contributed by atoms with Crippen LogP contribution in [0, 0.1) is 6.92 Å². The first-order chi connectivity index (χ1) is 6.77. The Morgan fingerprint density at radius 1 is 1.36 bits per heavy atom. The van der Waals surface area contributed by atoms with E-state index >= 15 is 0 Å². The molecule has 14 heavy (non-hydrogen) atoms. The van der Waals surface area contributed by atoms with Gasteiger partial charge in [0.15, 0.2) is 0 Å². The van der Waals surface area contributed by atoms with Gasteiger partial charge in [0.25, 0.3) is 0 Å². The zero-order valence-corrected chi connectivity index (χ0v) is 8.92. The molecule has 0 amide bonds. The Labute approximate surface area is 85.5 Å². The number of hydrogen-bond donors (Lipinski definition) is 1. The largest absolute Gasteiger partial charge is 0.494 e. The van der Waals surface area contributed by atoms with Gasteiger partial charge in [-0.15, -0.1) is 0 Å². The molecule has 0 aliphatic heterocycles. The van der Waals surface area contributed by atoms with Gasteiger partial charge in [-0.1, -0.05) is 13.0 Å². The number of hydrogen-bond acceptors (Lipinski definition) is 2. The van der Waals surface area contributed by atoms with Crippen LogP contribution < -0.4 is 4.74 Å². The van der Waals surface area contributed by atoms with Gasteiger partial charge < -0.3 is 9.84 Å².